The van der Waals surface area contributed by atoms with Crippen LogP contribution in [0.25, 0.3) is 11.5 Å². The van der Waals surface area contributed by atoms with Crippen molar-refractivity contribution in [3.05, 3.63) is 65.0 Å². The number of nitrogens with one attached hydrogen (secondary N) is 1. The van der Waals surface area contributed by atoms with Gasteiger partial charge in [-0.3, -0.25) is 4.79 Å². The molecular formula is C18H17N3O2. The van der Waals surface area contributed by atoms with Crippen LogP contribution in [0, 0.1) is 20.8 Å². The van der Waals surface area contributed by atoms with E-state index >= 15 is 0 Å². The van der Waals surface area contributed by atoms with Gasteiger partial charge in [0.15, 0.2) is 0 Å². The van der Waals surface area contributed by atoms with Gasteiger partial charge in [0.1, 0.15) is 0 Å². The molecule has 1 amide bonds. The molecule has 2 aromatic carbocycles. The minimum atomic E-state index is -0.130. The van der Waals surface area contributed by atoms with Gasteiger partial charge >= 0.3 is 0 Å². The number of hydrogen-bond acceptors (Lipinski definition) is 4. The van der Waals surface area contributed by atoms with Crippen molar-refractivity contribution in [2.24, 2.45) is 0 Å². The lowest BCUT2D eigenvalue weighted by Crippen LogP contribution is -2.12. The molecule has 0 bridgehead atoms. The normalized spacial score (nSPS) is 10.6. The third-order valence-electron chi connectivity index (χ3n) is 3.68. The second-order valence-electron chi connectivity index (χ2n) is 5.46. The third-order valence-corrected chi connectivity index (χ3v) is 3.68. The fraction of sp³-hybridized carbons (Fsp3) is 0.167. The Bertz CT molecular complexity index is 851. The minimum Gasteiger partial charge on any atom is -0.421 e. The lowest BCUT2D eigenvalue weighted by Gasteiger charge is -2.07. The number of carbonyl (C=O) groups excluding carboxylic acids is 1. The Hall–Kier alpha value is -2.95. The van der Waals surface area contributed by atoms with Crippen LogP contribution in [0.3, 0.4) is 0 Å². The summed E-state index contributed by atoms with van der Waals surface area (Å²) >= 11 is 0. The van der Waals surface area contributed by atoms with Gasteiger partial charge < -0.3 is 9.73 Å². The summed E-state index contributed by atoms with van der Waals surface area (Å²) in [5.74, 6) is 0.858. The molecule has 0 aliphatic heterocycles. The first-order valence-electron chi connectivity index (χ1n) is 7.32. The summed E-state index contributed by atoms with van der Waals surface area (Å²) in [5, 5.41) is 10.7. The minimum absolute atomic E-state index is 0.130. The van der Waals surface area contributed by atoms with Crippen molar-refractivity contribution < 1.29 is 9.21 Å². The van der Waals surface area contributed by atoms with Crippen molar-refractivity contribution in [2.75, 3.05) is 5.32 Å². The monoisotopic (exact) mass is 307 g/mol. The zero-order valence-corrected chi connectivity index (χ0v) is 13.3. The number of anilines is 1. The molecule has 0 saturated carbocycles. The highest BCUT2D eigenvalue weighted by molar-refractivity contribution is 6.04. The molecule has 3 rings (SSSR count). The Morgan fingerprint density at radius 2 is 1.70 bits per heavy atom. The van der Waals surface area contributed by atoms with Gasteiger partial charge in [-0.05, 0) is 61.4 Å². The molecule has 1 N–H and O–H groups in total. The van der Waals surface area contributed by atoms with E-state index in [1.54, 1.807) is 6.92 Å². The molecule has 0 atom stereocenters. The number of benzene rings is 2. The van der Waals surface area contributed by atoms with Gasteiger partial charge in [-0.25, -0.2) is 0 Å². The van der Waals surface area contributed by atoms with E-state index in [9.17, 15) is 4.79 Å². The Labute approximate surface area is 134 Å². The summed E-state index contributed by atoms with van der Waals surface area (Å²) in [6.45, 7) is 5.76. The predicted molar refractivity (Wildman–Crippen MR) is 88.3 cm³/mol. The molecule has 0 radical (unpaired) electrons. The van der Waals surface area contributed by atoms with Crippen molar-refractivity contribution >= 4 is 11.6 Å². The van der Waals surface area contributed by atoms with Crippen LogP contribution in [0.2, 0.25) is 0 Å². The Kier molecular flexibility index (Phi) is 3.93. The van der Waals surface area contributed by atoms with Crippen molar-refractivity contribution in [2.45, 2.75) is 20.8 Å². The molecular weight excluding hydrogens is 290 g/mol. The van der Waals surface area contributed by atoms with E-state index in [-0.39, 0.29) is 5.91 Å². The maximum atomic E-state index is 12.3. The number of rotatable bonds is 3. The van der Waals surface area contributed by atoms with Gasteiger partial charge in [-0.2, -0.15) is 0 Å². The summed E-state index contributed by atoms with van der Waals surface area (Å²) in [6.07, 6.45) is 0. The van der Waals surface area contributed by atoms with Gasteiger partial charge in [-0.1, -0.05) is 6.07 Å². The van der Waals surface area contributed by atoms with Crippen LogP contribution in [0.1, 0.15) is 27.4 Å². The second-order valence-corrected chi connectivity index (χ2v) is 5.46. The molecule has 0 saturated heterocycles. The van der Waals surface area contributed by atoms with E-state index in [1.165, 1.54) is 5.56 Å². The summed E-state index contributed by atoms with van der Waals surface area (Å²) in [7, 11) is 0. The molecule has 23 heavy (non-hydrogen) atoms. The number of amides is 1. The van der Waals surface area contributed by atoms with Gasteiger partial charge in [0, 0.05) is 23.7 Å². The fourth-order valence-electron chi connectivity index (χ4n) is 2.20. The van der Waals surface area contributed by atoms with E-state index in [0.29, 0.717) is 23.0 Å². The highest BCUT2D eigenvalue weighted by Gasteiger charge is 2.09. The topological polar surface area (TPSA) is 68.0 Å². The average Bonchev–Trinajstić information content (AvgIpc) is 2.97. The molecule has 0 unspecified atom stereocenters. The summed E-state index contributed by atoms with van der Waals surface area (Å²) in [6, 6.07) is 13.0. The molecule has 0 aliphatic rings. The SMILES string of the molecule is Cc1nnc(-c2ccc(NC(=O)c3ccc(C)c(C)c3)cc2)o1. The van der Waals surface area contributed by atoms with Crippen LogP contribution in [0.5, 0.6) is 0 Å². The first-order valence-corrected chi connectivity index (χ1v) is 7.32. The third kappa shape index (κ3) is 3.29. The number of aromatic nitrogens is 2. The maximum Gasteiger partial charge on any atom is 0.255 e. The fourth-order valence-corrected chi connectivity index (χ4v) is 2.20. The number of carbonyl (C=O) groups is 1. The van der Waals surface area contributed by atoms with Crippen LogP contribution in [0.15, 0.2) is 46.9 Å². The van der Waals surface area contributed by atoms with Gasteiger partial charge in [0.05, 0.1) is 0 Å². The van der Waals surface area contributed by atoms with E-state index < -0.39 is 0 Å². The molecule has 0 aliphatic carbocycles. The molecule has 0 spiro atoms. The lowest BCUT2D eigenvalue weighted by atomic mass is 10.1. The average molecular weight is 307 g/mol. The van der Waals surface area contributed by atoms with Crippen LogP contribution in [0.4, 0.5) is 5.69 Å². The molecule has 0 fully saturated rings. The van der Waals surface area contributed by atoms with Crippen molar-refractivity contribution in [1.82, 2.24) is 10.2 Å². The standard InChI is InChI=1S/C18H17N3O2/c1-11-4-5-15(10-12(11)2)17(22)19-16-8-6-14(7-9-16)18-21-20-13(3)23-18/h4-10H,1-3H3,(H,19,22). The number of nitrogens with zero attached hydrogens (tertiary/aromatic N) is 2. The van der Waals surface area contributed by atoms with Crippen LogP contribution < -0.4 is 5.32 Å². The smallest absolute Gasteiger partial charge is 0.255 e. The van der Waals surface area contributed by atoms with Crippen LogP contribution in [-0.2, 0) is 0 Å². The van der Waals surface area contributed by atoms with Crippen molar-refractivity contribution in [1.29, 1.82) is 0 Å². The highest BCUT2D eigenvalue weighted by Crippen LogP contribution is 2.20. The van der Waals surface area contributed by atoms with E-state index in [2.05, 4.69) is 15.5 Å². The van der Waals surface area contributed by atoms with Crippen molar-refractivity contribution in [3.63, 3.8) is 0 Å². The van der Waals surface area contributed by atoms with Gasteiger partial charge in [0.2, 0.25) is 11.8 Å². The molecule has 3 aromatic rings. The molecule has 1 heterocycles. The maximum absolute atomic E-state index is 12.3. The largest absolute Gasteiger partial charge is 0.421 e. The zero-order chi connectivity index (χ0) is 16.4. The van der Waals surface area contributed by atoms with Crippen molar-refractivity contribution in [3.8, 4) is 11.5 Å². The Balaban J connectivity index is 1.75. The Morgan fingerprint density at radius 1 is 0.957 bits per heavy atom. The molecule has 5 heteroatoms. The highest BCUT2D eigenvalue weighted by atomic mass is 16.4. The predicted octanol–water partition coefficient (Wildman–Crippen LogP) is 3.91. The summed E-state index contributed by atoms with van der Waals surface area (Å²) < 4.78 is 5.37. The van der Waals surface area contributed by atoms with E-state index in [0.717, 1.165) is 11.1 Å². The van der Waals surface area contributed by atoms with Gasteiger partial charge in [-0.15, -0.1) is 10.2 Å². The van der Waals surface area contributed by atoms with Crippen LogP contribution >= 0.6 is 0 Å². The molecule has 5 nitrogen and oxygen atoms in total. The van der Waals surface area contributed by atoms with E-state index in [4.69, 9.17) is 4.42 Å². The molecule has 116 valence electrons. The van der Waals surface area contributed by atoms with Gasteiger partial charge in [0.25, 0.3) is 5.91 Å². The summed E-state index contributed by atoms with van der Waals surface area (Å²) in [5.41, 5.74) is 4.44. The quantitative estimate of drug-likeness (QED) is 0.796. The van der Waals surface area contributed by atoms with E-state index in [1.807, 2.05) is 56.3 Å². The lowest BCUT2D eigenvalue weighted by molar-refractivity contribution is 0.102. The Morgan fingerprint density at radius 3 is 2.30 bits per heavy atom. The second kappa shape index (κ2) is 6.04. The summed E-state index contributed by atoms with van der Waals surface area (Å²) in [4.78, 5) is 12.3. The van der Waals surface area contributed by atoms with Crippen LogP contribution in [-0.4, -0.2) is 16.1 Å². The molecule has 1 aromatic heterocycles. The first-order chi connectivity index (χ1) is 11.0. The number of hydrogen-bond donors (Lipinski definition) is 1. The number of aryl methyl sites for hydroxylation is 3. The first kappa shape index (κ1) is 15.0. The zero-order valence-electron chi connectivity index (χ0n) is 13.3.